The van der Waals surface area contributed by atoms with Crippen LogP contribution in [0.2, 0.25) is 0 Å². The van der Waals surface area contributed by atoms with Crippen LogP contribution < -0.4 is 14.8 Å². The second-order valence-corrected chi connectivity index (χ2v) is 5.96. The second kappa shape index (κ2) is 7.86. The largest absolute Gasteiger partial charge is 0.486 e. The van der Waals surface area contributed by atoms with Gasteiger partial charge in [-0.15, -0.1) is 0 Å². The molecule has 0 aliphatic carbocycles. The van der Waals surface area contributed by atoms with Crippen molar-refractivity contribution >= 4 is 17.5 Å². The third-order valence-electron chi connectivity index (χ3n) is 3.88. The number of rotatable bonds is 5. The molecule has 2 amide bonds. The fraction of sp³-hybridized carbons (Fsp3) is 0.263. The van der Waals surface area contributed by atoms with Crippen LogP contribution in [0.4, 0.5) is 10.1 Å². The fourth-order valence-corrected chi connectivity index (χ4v) is 2.58. The molecule has 0 saturated carbocycles. The van der Waals surface area contributed by atoms with E-state index in [1.54, 1.807) is 31.3 Å². The Bertz CT molecular complexity index is 825. The SMILES string of the molecule is CN(CC(=O)Nc1cccc(F)c1)C(=O)Cc1ccc2c(c1)OCCO2. The molecule has 0 unspecified atom stereocenters. The van der Waals surface area contributed by atoms with E-state index in [-0.39, 0.29) is 18.9 Å². The van der Waals surface area contributed by atoms with Gasteiger partial charge in [0.2, 0.25) is 11.8 Å². The lowest BCUT2D eigenvalue weighted by Gasteiger charge is -2.20. The molecule has 136 valence electrons. The van der Waals surface area contributed by atoms with E-state index in [4.69, 9.17) is 9.47 Å². The van der Waals surface area contributed by atoms with Crippen LogP contribution in [0.25, 0.3) is 0 Å². The lowest BCUT2D eigenvalue weighted by molar-refractivity contribution is -0.132. The highest BCUT2D eigenvalue weighted by Crippen LogP contribution is 2.30. The summed E-state index contributed by atoms with van der Waals surface area (Å²) < 4.78 is 24.1. The Balaban J connectivity index is 1.55. The van der Waals surface area contributed by atoms with Gasteiger partial charge in [-0.25, -0.2) is 4.39 Å². The Morgan fingerprint density at radius 2 is 1.88 bits per heavy atom. The zero-order chi connectivity index (χ0) is 18.5. The van der Waals surface area contributed by atoms with Gasteiger partial charge in [0.15, 0.2) is 11.5 Å². The maximum Gasteiger partial charge on any atom is 0.243 e. The first-order chi connectivity index (χ1) is 12.5. The van der Waals surface area contributed by atoms with Crippen LogP contribution in [0.1, 0.15) is 5.56 Å². The zero-order valence-corrected chi connectivity index (χ0v) is 14.3. The summed E-state index contributed by atoms with van der Waals surface area (Å²) in [6.45, 7) is 0.860. The molecule has 1 heterocycles. The quantitative estimate of drug-likeness (QED) is 0.890. The molecule has 26 heavy (non-hydrogen) atoms. The summed E-state index contributed by atoms with van der Waals surface area (Å²) in [7, 11) is 1.55. The topological polar surface area (TPSA) is 67.9 Å². The van der Waals surface area contributed by atoms with E-state index in [9.17, 15) is 14.0 Å². The smallest absolute Gasteiger partial charge is 0.243 e. The predicted molar refractivity (Wildman–Crippen MR) is 93.8 cm³/mol. The van der Waals surface area contributed by atoms with Crippen molar-refractivity contribution in [3.63, 3.8) is 0 Å². The summed E-state index contributed by atoms with van der Waals surface area (Å²) in [5, 5.41) is 2.56. The van der Waals surface area contributed by atoms with Gasteiger partial charge in [0.1, 0.15) is 19.0 Å². The molecule has 2 aromatic rings. The molecule has 0 saturated heterocycles. The number of nitrogens with zero attached hydrogens (tertiary/aromatic N) is 1. The molecule has 0 radical (unpaired) electrons. The summed E-state index contributed by atoms with van der Waals surface area (Å²) in [6, 6.07) is 10.9. The molecule has 3 rings (SSSR count). The van der Waals surface area contributed by atoms with Crippen molar-refractivity contribution in [1.29, 1.82) is 0 Å². The third-order valence-corrected chi connectivity index (χ3v) is 3.88. The van der Waals surface area contributed by atoms with Gasteiger partial charge in [-0.3, -0.25) is 9.59 Å². The van der Waals surface area contributed by atoms with E-state index in [0.29, 0.717) is 30.4 Å². The standard InChI is InChI=1S/C19H19FN2O4/c1-22(12-18(23)21-15-4-2-3-14(20)11-15)19(24)10-13-5-6-16-17(9-13)26-8-7-25-16/h2-6,9,11H,7-8,10,12H2,1H3,(H,21,23). The number of nitrogens with one attached hydrogen (secondary N) is 1. The van der Waals surface area contributed by atoms with Gasteiger partial charge in [0, 0.05) is 12.7 Å². The zero-order valence-electron chi connectivity index (χ0n) is 14.3. The van der Waals surface area contributed by atoms with E-state index in [2.05, 4.69) is 5.32 Å². The molecule has 2 aromatic carbocycles. The minimum Gasteiger partial charge on any atom is -0.486 e. The lowest BCUT2D eigenvalue weighted by Crippen LogP contribution is -2.35. The van der Waals surface area contributed by atoms with Gasteiger partial charge < -0.3 is 19.7 Å². The van der Waals surface area contributed by atoms with Crippen molar-refractivity contribution in [2.45, 2.75) is 6.42 Å². The van der Waals surface area contributed by atoms with Crippen LogP contribution in [0.15, 0.2) is 42.5 Å². The van der Waals surface area contributed by atoms with Crippen molar-refractivity contribution < 1.29 is 23.5 Å². The number of amides is 2. The Hall–Kier alpha value is -3.09. The maximum absolute atomic E-state index is 13.1. The number of fused-ring (bicyclic) bond motifs is 1. The molecule has 6 nitrogen and oxygen atoms in total. The van der Waals surface area contributed by atoms with Crippen LogP contribution >= 0.6 is 0 Å². The number of ether oxygens (including phenoxy) is 2. The van der Waals surface area contributed by atoms with Gasteiger partial charge >= 0.3 is 0 Å². The van der Waals surface area contributed by atoms with E-state index < -0.39 is 11.7 Å². The Kier molecular flexibility index (Phi) is 5.36. The molecule has 1 aliphatic heterocycles. The number of benzene rings is 2. The molecule has 0 aromatic heterocycles. The third kappa shape index (κ3) is 4.50. The van der Waals surface area contributed by atoms with Crippen LogP contribution in [0.3, 0.4) is 0 Å². The first kappa shape index (κ1) is 17.7. The number of carbonyl (C=O) groups is 2. The average Bonchev–Trinajstić information content (AvgIpc) is 2.61. The number of halogens is 1. The van der Waals surface area contributed by atoms with Gasteiger partial charge in [0.25, 0.3) is 0 Å². The minimum atomic E-state index is -0.439. The number of carbonyl (C=O) groups excluding carboxylic acids is 2. The molecule has 1 N–H and O–H groups in total. The van der Waals surface area contributed by atoms with Crippen molar-refractivity contribution in [1.82, 2.24) is 4.90 Å². The second-order valence-electron chi connectivity index (χ2n) is 5.96. The van der Waals surface area contributed by atoms with Crippen molar-refractivity contribution in [2.24, 2.45) is 0 Å². The molecule has 0 fully saturated rings. The fourth-order valence-electron chi connectivity index (χ4n) is 2.58. The predicted octanol–water partition coefficient (Wildman–Crippen LogP) is 2.24. The van der Waals surface area contributed by atoms with Gasteiger partial charge in [-0.1, -0.05) is 12.1 Å². The highest BCUT2D eigenvalue weighted by atomic mass is 19.1. The maximum atomic E-state index is 13.1. The lowest BCUT2D eigenvalue weighted by atomic mass is 10.1. The van der Waals surface area contributed by atoms with E-state index >= 15 is 0 Å². The first-order valence-corrected chi connectivity index (χ1v) is 8.19. The molecule has 1 aliphatic rings. The normalized spacial score (nSPS) is 12.4. The van der Waals surface area contributed by atoms with E-state index in [1.165, 1.54) is 23.1 Å². The monoisotopic (exact) mass is 358 g/mol. The van der Waals surface area contributed by atoms with Crippen LogP contribution in [-0.4, -0.2) is 43.5 Å². The molecule has 0 spiro atoms. The summed E-state index contributed by atoms with van der Waals surface area (Å²) >= 11 is 0. The van der Waals surface area contributed by atoms with Crippen LogP contribution in [-0.2, 0) is 16.0 Å². The summed E-state index contributed by atoms with van der Waals surface area (Å²) in [6.07, 6.45) is 0.139. The first-order valence-electron chi connectivity index (χ1n) is 8.19. The Morgan fingerprint density at radius 1 is 1.12 bits per heavy atom. The molecule has 0 bridgehead atoms. The summed E-state index contributed by atoms with van der Waals surface area (Å²) in [5.74, 6) is 0.235. The molecule has 0 atom stereocenters. The van der Waals surface area contributed by atoms with Crippen molar-refractivity contribution in [2.75, 3.05) is 32.1 Å². The number of likely N-dealkylation sites (N-methyl/N-ethyl adjacent to an activating group) is 1. The van der Waals surface area contributed by atoms with Gasteiger partial charge in [-0.05, 0) is 35.9 Å². The van der Waals surface area contributed by atoms with E-state index in [1.807, 2.05) is 0 Å². The van der Waals surface area contributed by atoms with Gasteiger partial charge in [0.05, 0.1) is 13.0 Å². The van der Waals surface area contributed by atoms with Gasteiger partial charge in [-0.2, -0.15) is 0 Å². The van der Waals surface area contributed by atoms with Crippen molar-refractivity contribution in [3.8, 4) is 11.5 Å². The number of anilines is 1. The van der Waals surface area contributed by atoms with E-state index in [0.717, 1.165) is 5.56 Å². The summed E-state index contributed by atoms with van der Waals surface area (Å²) in [5.41, 5.74) is 1.12. The Labute approximate surface area is 150 Å². The average molecular weight is 358 g/mol. The molecular formula is C19H19FN2O4. The highest BCUT2D eigenvalue weighted by Gasteiger charge is 2.16. The molecule has 7 heteroatoms. The highest BCUT2D eigenvalue weighted by molar-refractivity contribution is 5.94. The summed E-state index contributed by atoms with van der Waals surface area (Å²) in [4.78, 5) is 25.7. The Morgan fingerprint density at radius 3 is 2.65 bits per heavy atom. The number of hydrogen-bond donors (Lipinski definition) is 1. The number of hydrogen-bond acceptors (Lipinski definition) is 4. The van der Waals surface area contributed by atoms with Crippen LogP contribution in [0, 0.1) is 5.82 Å². The minimum absolute atomic E-state index is 0.125. The van der Waals surface area contributed by atoms with Crippen molar-refractivity contribution in [3.05, 3.63) is 53.8 Å². The van der Waals surface area contributed by atoms with Crippen LogP contribution in [0.5, 0.6) is 11.5 Å². The molecular weight excluding hydrogens is 339 g/mol.